The molecule has 1 atom stereocenters. The van der Waals surface area contributed by atoms with E-state index in [9.17, 15) is 4.79 Å². The molecule has 0 fully saturated rings. The van der Waals surface area contributed by atoms with Crippen molar-refractivity contribution in [3.8, 4) is 5.75 Å². The van der Waals surface area contributed by atoms with Gasteiger partial charge in [-0.2, -0.15) is 0 Å². The molecule has 0 aromatic heterocycles. The lowest BCUT2D eigenvalue weighted by atomic mass is 10.1. The van der Waals surface area contributed by atoms with E-state index in [1.54, 1.807) is 31.2 Å². The summed E-state index contributed by atoms with van der Waals surface area (Å²) in [5.41, 5.74) is 5.94. The van der Waals surface area contributed by atoms with Crippen LogP contribution in [0.15, 0.2) is 29.4 Å². The van der Waals surface area contributed by atoms with Crippen LogP contribution >= 0.6 is 0 Å². The second kappa shape index (κ2) is 8.84. The van der Waals surface area contributed by atoms with Crippen LogP contribution in [0, 0.1) is 0 Å². The maximum absolute atomic E-state index is 12.0. The first-order valence-electron chi connectivity index (χ1n) is 7.07. The third-order valence-electron chi connectivity index (χ3n) is 2.90. The minimum Gasteiger partial charge on any atom is -0.494 e. The zero-order chi connectivity index (χ0) is 15.7. The van der Waals surface area contributed by atoms with Gasteiger partial charge in [-0.1, -0.05) is 18.5 Å². The molecule has 1 unspecified atom stereocenters. The van der Waals surface area contributed by atoms with Gasteiger partial charge in [0.2, 0.25) is 0 Å². The van der Waals surface area contributed by atoms with E-state index in [-0.39, 0.29) is 17.8 Å². The van der Waals surface area contributed by atoms with E-state index < -0.39 is 0 Å². The summed E-state index contributed by atoms with van der Waals surface area (Å²) < 4.78 is 5.54. The fourth-order valence-corrected chi connectivity index (χ4v) is 1.75. The highest BCUT2D eigenvalue weighted by Crippen LogP contribution is 2.13. The SMILES string of the molecule is CCCCOc1ccc(C(=O)NC(C)CC(N)=NO)cc1. The molecule has 6 nitrogen and oxygen atoms in total. The molecule has 1 amide bonds. The van der Waals surface area contributed by atoms with Crippen LogP contribution in [0.1, 0.15) is 43.5 Å². The summed E-state index contributed by atoms with van der Waals surface area (Å²) in [6.07, 6.45) is 2.38. The number of oxime groups is 1. The molecule has 0 bridgehead atoms. The van der Waals surface area contributed by atoms with Crippen molar-refractivity contribution in [2.45, 2.75) is 39.2 Å². The number of benzene rings is 1. The number of rotatable bonds is 8. The molecule has 0 saturated carbocycles. The van der Waals surface area contributed by atoms with E-state index in [1.807, 2.05) is 0 Å². The van der Waals surface area contributed by atoms with Gasteiger partial charge in [0.25, 0.3) is 5.91 Å². The number of nitrogens with one attached hydrogen (secondary N) is 1. The summed E-state index contributed by atoms with van der Waals surface area (Å²) in [6.45, 7) is 4.57. The van der Waals surface area contributed by atoms with E-state index in [1.165, 1.54) is 0 Å². The molecule has 0 saturated heterocycles. The van der Waals surface area contributed by atoms with Crippen molar-refractivity contribution in [1.82, 2.24) is 5.32 Å². The lowest BCUT2D eigenvalue weighted by Crippen LogP contribution is -2.35. The molecule has 116 valence electrons. The summed E-state index contributed by atoms with van der Waals surface area (Å²) in [6, 6.07) is 6.77. The molecule has 0 aliphatic heterocycles. The minimum absolute atomic E-state index is 0.0856. The average Bonchev–Trinajstić information content (AvgIpc) is 2.47. The largest absolute Gasteiger partial charge is 0.494 e. The Morgan fingerprint density at radius 3 is 2.67 bits per heavy atom. The van der Waals surface area contributed by atoms with E-state index in [2.05, 4.69) is 17.4 Å². The summed E-state index contributed by atoms with van der Waals surface area (Å²) in [5.74, 6) is 0.639. The van der Waals surface area contributed by atoms with Crippen LogP contribution in [-0.4, -0.2) is 29.6 Å². The number of carbonyl (C=O) groups excluding carboxylic acids is 1. The van der Waals surface area contributed by atoms with Crippen molar-refractivity contribution < 1.29 is 14.7 Å². The molecule has 1 rings (SSSR count). The van der Waals surface area contributed by atoms with Gasteiger partial charge in [0, 0.05) is 18.0 Å². The van der Waals surface area contributed by atoms with Gasteiger partial charge in [-0.3, -0.25) is 4.79 Å². The molecular weight excluding hydrogens is 270 g/mol. The number of nitrogens with zero attached hydrogens (tertiary/aromatic N) is 1. The number of hydrogen-bond donors (Lipinski definition) is 3. The number of ether oxygens (including phenoxy) is 1. The molecule has 1 aromatic rings. The Hall–Kier alpha value is -2.24. The summed E-state index contributed by atoms with van der Waals surface area (Å²) in [4.78, 5) is 12.0. The van der Waals surface area contributed by atoms with Crippen LogP contribution < -0.4 is 15.8 Å². The fourth-order valence-electron chi connectivity index (χ4n) is 1.75. The fraction of sp³-hybridized carbons (Fsp3) is 0.467. The van der Waals surface area contributed by atoms with Crippen LogP contribution in [0.4, 0.5) is 0 Å². The van der Waals surface area contributed by atoms with Crippen molar-refractivity contribution in [1.29, 1.82) is 0 Å². The molecule has 0 aliphatic rings. The van der Waals surface area contributed by atoms with Crippen LogP contribution in [0.25, 0.3) is 0 Å². The zero-order valence-electron chi connectivity index (χ0n) is 12.5. The van der Waals surface area contributed by atoms with E-state index in [4.69, 9.17) is 15.7 Å². The summed E-state index contributed by atoms with van der Waals surface area (Å²) in [5, 5.41) is 14.2. The molecule has 4 N–H and O–H groups in total. The van der Waals surface area contributed by atoms with Crippen molar-refractivity contribution in [3.63, 3.8) is 0 Å². The molecule has 0 radical (unpaired) electrons. The lowest BCUT2D eigenvalue weighted by molar-refractivity contribution is 0.0941. The highest BCUT2D eigenvalue weighted by molar-refractivity contribution is 5.94. The number of hydrogen-bond acceptors (Lipinski definition) is 4. The molecule has 0 heterocycles. The number of carbonyl (C=O) groups is 1. The molecule has 6 heteroatoms. The van der Waals surface area contributed by atoms with Gasteiger partial charge < -0.3 is 21.0 Å². The Kier molecular flexibility index (Phi) is 7.08. The molecule has 0 spiro atoms. The van der Waals surface area contributed by atoms with E-state index in [0.29, 0.717) is 18.6 Å². The van der Waals surface area contributed by atoms with Crippen LogP contribution in [-0.2, 0) is 0 Å². The van der Waals surface area contributed by atoms with Gasteiger partial charge in [-0.25, -0.2) is 0 Å². The Morgan fingerprint density at radius 1 is 1.43 bits per heavy atom. The first kappa shape index (κ1) is 16.8. The van der Waals surface area contributed by atoms with Crippen molar-refractivity contribution in [2.75, 3.05) is 6.61 Å². The highest BCUT2D eigenvalue weighted by atomic mass is 16.5. The minimum atomic E-state index is -0.214. The third-order valence-corrected chi connectivity index (χ3v) is 2.90. The maximum atomic E-state index is 12.0. The van der Waals surface area contributed by atoms with Crippen molar-refractivity contribution in [2.24, 2.45) is 10.9 Å². The number of amidine groups is 1. The summed E-state index contributed by atoms with van der Waals surface area (Å²) in [7, 11) is 0. The molecule has 21 heavy (non-hydrogen) atoms. The molecular formula is C15H23N3O3. The van der Waals surface area contributed by atoms with Crippen LogP contribution in [0.3, 0.4) is 0 Å². The molecule has 0 aliphatic carbocycles. The van der Waals surface area contributed by atoms with Crippen LogP contribution in [0.5, 0.6) is 5.75 Å². The predicted octanol–water partition coefficient (Wildman–Crippen LogP) is 2.12. The predicted molar refractivity (Wildman–Crippen MR) is 81.8 cm³/mol. The standard InChI is InChI=1S/C15H23N3O3/c1-3-4-9-21-13-7-5-12(6-8-13)15(19)17-11(2)10-14(16)18-20/h5-8,11,20H,3-4,9-10H2,1-2H3,(H2,16,18)(H,17,19). The topological polar surface area (TPSA) is 96.9 Å². The van der Waals surface area contributed by atoms with Gasteiger partial charge in [0.05, 0.1) is 6.61 Å². The Balaban J connectivity index is 2.51. The third kappa shape index (κ3) is 6.16. The average molecular weight is 293 g/mol. The lowest BCUT2D eigenvalue weighted by Gasteiger charge is -2.13. The van der Waals surface area contributed by atoms with Crippen molar-refractivity contribution >= 4 is 11.7 Å². The smallest absolute Gasteiger partial charge is 0.251 e. The van der Waals surface area contributed by atoms with Gasteiger partial charge in [0.1, 0.15) is 11.6 Å². The van der Waals surface area contributed by atoms with Gasteiger partial charge in [-0.05, 0) is 37.6 Å². The molecule has 1 aromatic carbocycles. The first-order chi connectivity index (χ1) is 10.1. The zero-order valence-corrected chi connectivity index (χ0v) is 12.5. The quantitative estimate of drug-likeness (QED) is 0.225. The number of unbranched alkanes of at least 4 members (excludes halogenated alkanes) is 1. The van der Waals surface area contributed by atoms with Crippen molar-refractivity contribution in [3.05, 3.63) is 29.8 Å². The highest BCUT2D eigenvalue weighted by Gasteiger charge is 2.11. The first-order valence-corrected chi connectivity index (χ1v) is 7.07. The van der Waals surface area contributed by atoms with Gasteiger partial charge in [-0.15, -0.1) is 0 Å². The van der Waals surface area contributed by atoms with Gasteiger partial charge >= 0.3 is 0 Å². The Morgan fingerprint density at radius 2 is 2.10 bits per heavy atom. The summed E-state index contributed by atoms with van der Waals surface area (Å²) >= 11 is 0. The second-order valence-electron chi connectivity index (χ2n) is 4.90. The number of nitrogens with two attached hydrogens (primary N) is 1. The second-order valence-corrected chi connectivity index (χ2v) is 4.90. The van der Waals surface area contributed by atoms with E-state index >= 15 is 0 Å². The number of amides is 1. The Bertz CT molecular complexity index is 472. The van der Waals surface area contributed by atoms with Gasteiger partial charge in [0.15, 0.2) is 0 Å². The maximum Gasteiger partial charge on any atom is 0.251 e. The normalized spacial score (nSPS) is 12.8. The Labute approximate surface area is 125 Å². The monoisotopic (exact) mass is 293 g/mol. The van der Waals surface area contributed by atoms with E-state index in [0.717, 1.165) is 18.6 Å². The van der Waals surface area contributed by atoms with Crippen LogP contribution in [0.2, 0.25) is 0 Å².